The summed E-state index contributed by atoms with van der Waals surface area (Å²) < 4.78 is 10.8. The highest BCUT2D eigenvalue weighted by Gasteiger charge is 2.31. The maximum absolute atomic E-state index is 13.8. The lowest BCUT2D eigenvalue weighted by Crippen LogP contribution is -2.25. The summed E-state index contributed by atoms with van der Waals surface area (Å²) in [4.78, 5) is 15.6. The fourth-order valence-electron chi connectivity index (χ4n) is 4.21. The minimum atomic E-state index is -0.101. The Kier molecular flexibility index (Phi) is 5.83. The molecule has 0 atom stereocenters. The molecule has 4 aromatic rings. The van der Waals surface area contributed by atoms with Gasteiger partial charge in [0.15, 0.2) is 11.5 Å². The number of rotatable bonds is 5. The molecule has 0 aliphatic carbocycles. The van der Waals surface area contributed by atoms with Gasteiger partial charge in [0.25, 0.3) is 5.91 Å². The van der Waals surface area contributed by atoms with Crippen LogP contribution < -0.4 is 14.4 Å². The molecule has 0 fully saturated rings. The second kappa shape index (κ2) is 9.08. The van der Waals surface area contributed by atoms with Crippen LogP contribution in [0.25, 0.3) is 22.5 Å². The van der Waals surface area contributed by atoms with Gasteiger partial charge in [-0.1, -0.05) is 66.2 Å². The lowest BCUT2D eigenvalue weighted by Gasteiger charge is -2.22. The van der Waals surface area contributed by atoms with E-state index in [1.165, 1.54) is 0 Å². The van der Waals surface area contributed by atoms with Crippen molar-refractivity contribution >= 4 is 45.7 Å². The van der Waals surface area contributed by atoms with Crippen molar-refractivity contribution in [2.24, 2.45) is 0 Å². The molecule has 0 spiro atoms. The topological polar surface area (TPSA) is 38.8 Å². The number of methoxy groups -OCH3 is 2. The van der Waals surface area contributed by atoms with E-state index in [1.807, 2.05) is 97.1 Å². The van der Waals surface area contributed by atoms with E-state index in [1.54, 1.807) is 19.1 Å². The van der Waals surface area contributed by atoms with Crippen molar-refractivity contribution in [2.45, 2.75) is 0 Å². The number of benzene rings is 4. The second-order valence-corrected chi connectivity index (χ2v) is 8.33. The molecule has 4 aromatic carbocycles. The largest absolute Gasteiger partial charge is 0.493 e. The first-order valence-corrected chi connectivity index (χ1v) is 11.2. The number of hydrogen-bond acceptors (Lipinski definition) is 3. The molecule has 0 saturated heterocycles. The fraction of sp³-hybridized carbons (Fsp3) is 0.0690. The van der Waals surface area contributed by atoms with Crippen LogP contribution in [0.1, 0.15) is 11.1 Å². The zero-order chi connectivity index (χ0) is 23.7. The minimum Gasteiger partial charge on any atom is -0.493 e. The minimum absolute atomic E-state index is 0.101. The highest BCUT2D eigenvalue weighted by Crippen LogP contribution is 2.39. The number of hydrogen-bond donors (Lipinski definition) is 0. The van der Waals surface area contributed by atoms with Gasteiger partial charge < -0.3 is 9.47 Å². The molecular weight excluding hydrogens is 446 g/mol. The Labute approximate surface area is 203 Å². The third-order valence-electron chi connectivity index (χ3n) is 5.86. The third kappa shape index (κ3) is 3.93. The Morgan fingerprint density at radius 1 is 0.824 bits per heavy atom. The second-order valence-electron chi connectivity index (χ2n) is 7.89. The maximum Gasteiger partial charge on any atom is 0.262 e. The summed E-state index contributed by atoms with van der Waals surface area (Å²) in [7, 11) is 3.19. The normalized spacial score (nSPS) is 14.6. The number of fused-ring (bicyclic) bond motifs is 1. The number of anilines is 1. The van der Waals surface area contributed by atoms with Gasteiger partial charge in [0.2, 0.25) is 0 Å². The highest BCUT2D eigenvalue weighted by atomic mass is 35.5. The van der Waals surface area contributed by atoms with Gasteiger partial charge in [0.05, 0.1) is 25.6 Å². The van der Waals surface area contributed by atoms with Crippen LogP contribution in [-0.2, 0) is 4.79 Å². The van der Waals surface area contributed by atoms with Crippen molar-refractivity contribution in [2.75, 3.05) is 19.1 Å². The van der Waals surface area contributed by atoms with E-state index in [0.29, 0.717) is 22.1 Å². The Morgan fingerprint density at radius 3 is 2.32 bits per heavy atom. The fourth-order valence-corrected chi connectivity index (χ4v) is 4.34. The lowest BCUT2D eigenvalue weighted by atomic mass is 10.1. The average molecular weight is 468 g/mol. The molecule has 0 radical (unpaired) electrons. The van der Waals surface area contributed by atoms with Crippen LogP contribution in [0.2, 0.25) is 5.02 Å². The quantitative estimate of drug-likeness (QED) is 0.297. The van der Waals surface area contributed by atoms with E-state index in [-0.39, 0.29) is 5.91 Å². The Bertz CT molecular complexity index is 1450. The van der Waals surface area contributed by atoms with Crippen LogP contribution in [0, 0.1) is 0 Å². The van der Waals surface area contributed by atoms with Gasteiger partial charge in [-0.25, -0.2) is 0 Å². The Morgan fingerprint density at radius 2 is 1.56 bits per heavy atom. The van der Waals surface area contributed by atoms with E-state index in [0.717, 1.165) is 33.3 Å². The summed E-state index contributed by atoms with van der Waals surface area (Å²) in [6.45, 7) is 0. The first kappa shape index (κ1) is 21.8. The van der Waals surface area contributed by atoms with Gasteiger partial charge in [0, 0.05) is 16.0 Å². The molecule has 5 rings (SSSR count). The predicted molar refractivity (Wildman–Crippen MR) is 138 cm³/mol. The van der Waals surface area contributed by atoms with Gasteiger partial charge in [0.1, 0.15) is 0 Å². The zero-order valence-electron chi connectivity index (χ0n) is 18.8. The van der Waals surface area contributed by atoms with Gasteiger partial charge in [-0.15, -0.1) is 0 Å². The molecule has 0 saturated carbocycles. The number of amides is 1. The van der Waals surface area contributed by atoms with Gasteiger partial charge in [-0.05, 0) is 59.0 Å². The Hall–Kier alpha value is -4.02. The van der Waals surface area contributed by atoms with Crippen LogP contribution in [-0.4, -0.2) is 20.1 Å². The monoisotopic (exact) mass is 467 g/mol. The molecule has 5 heteroatoms. The summed E-state index contributed by atoms with van der Waals surface area (Å²) in [6.07, 6.45) is 3.79. The predicted octanol–water partition coefficient (Wildman–Crippen LogP) is 6.98. The lowest BCUT2D eigenvalue weighted by molar-refractivity contribution is -0.113. The molecule has 34 heavy (non-hydrogen) atoms. The molecule has 1 heterocycles. The summed E-state index contributed by atoms with van der Waals surface area (Å²) >= 11 is 6.13. The maximum atomic E-state index is 13.8. The van der Waals surface area contributed by atoms with E-state index in [2.05, 4.69) is 0 Å². The summed E-state index contributed by atoms with van der Waals surface area (Å²) in [5.41, 5.74) is 3.95. The van der Waals surface area contributed by atoms with E-state index in [9.17, 15) is 4.79 Å². The molecule has 0 N–H and O–H groups in total. The van der Waals surface area contributed by atoms with Crippen molar-refractivity contribution in [3.05, 3.63) is 113 Å². The average Bonchev–Trinajstić information content (AvgIpc) is 3.19. The first-order valence-electron chi connectivity index (χ1n) is 10.8. The summed E-state index contributed by atoms with van der Waals surface area (Å²) in [6, 6.07) is 27.2. The highest BCUT2D eigenvalue weighted by molar-refractivity contribution is 6.30. The molecule has 0 unspecified atom stereocenters. The Balaban J connectivity index is 1.66. The smallest absolute Gasteiger partial charge is 0.262 e. The van der Waals surface area contributed by atoms with Crippen LogP contribution >= 0.6 is 11.6 Å². The molecular formula is C29H22ClNO3. The summed E-state index contributed by atoms with van der Waals surface area (Å²) in [5.74, 6) is 1.14. The van der Waals surface area contributed by atoms with Crippen molar-refractivity contribution < 1.29 is 14.3 Å². The van der Waals surface area contributed by atoms with Crippen LogP contribution in [0.5, 0.6) is 11.5 Å². The molecule has 168 valence electrons. The van der Waals surface area contributed by atoms with Crippen molar-refractivity contribution in [1.29, 1.82) is 0 Å². The number of carbonyl (C=O) groups excluding carboxylic acids is 1. The molecule has 1 amide bonds. The number of carbonyl (C=O) groups is 1. The molecule has 0 bridgehead atoms. The van der Waals surface area contributed by atoms with Gasteiger partial charge >= 0.3 is 0 Å². The van der Waals surface area contributed by atoms with E-state index >= 15 is 0 Å². The van der Waals surface area contributed by atoms with Crippen molar-refractivity contribution in [3.63, 3.8) is 0 Å². The molecule has 0 aromatic heterocycles. The number of nitrogens with zero attached hydrogens (tertiary/aromatic N) is 1. The number of halogens is 1. The van der Waals surface area contributed by atoms with Gasteiger partial charge in [-0.3, -0.25) is 9.69 Å². The van der Waals surface area contributed by atoms with Crippen LogP contribution in [0.3, 0.4) is 0 Å². The zero-order valence-corrected chi connectivity index (χ0v) is 19.5. The van der Waals surface area contributed by atoms with Crippen molar-refractivity contribution in [1.82, 2.24) is 0 Å². The van der Waals surface area contributed by atoms with E-state index in [4.69, 9.17) is 21.1 Å². The molecule has 4 nitrogen and oxygen atoms in total. The standard InChI is InChI=1S/C29H22ClNO3/c1-33-27-15-10-19(17-28(27)34-2)16-22-18-26(21-11-13-23(30)14-12-21)31(29(22)32)25-9-5-7-20-6-3-4-8-24(20)25/h3-18H,1-2H3/b22-16+. The summed E-state index contributed by atoms with van der Waals surface area (Å²) in [5, 5.41) is 2.72. The molecule has 1 aliphatic heterocycles. The van der Waals surface area contributed by atoms with Crippen LogP contribution in [0.15, 0.2) is 96.6 Å². The SMILES string of the molecule is COc1ccc(/C=C2\C=C(c3ccc(Cl)cc3)N(c3cccc4ccccc34)C2=O)cc1OC. The van der Waals surface area contributed by atoms with Crippen LogP contribution in [0.4, 0.5) is 5.69 Å². The van der Waals surface area contributed by atoms with Gasteiger partial charge in [-0.2, -0.15) is 0 Å². The number of ether oxygens (including phenoxy) is 2. The van der Waals surface area contributed by atoms with Crippen molar-refractivity contribution in [3.8, 4) is 11.5 Å². The third-order valence-corrected chi connectivity index (χ3v) is 6.11. The van der Waals surface area contributed by atoms with E-state index < -0.39 is 0 Å². The first-order chi connectivity index (χ1) is 16.6. The molecule has 1 aliphatic rings.